The van der Waals surface area contributed by atoms with Crippen molar-refractivity contribution in [2.45, 2.75) is 12.9 Å². The van der Waals surface area contributed by atoms with Crippen LogP contribution in [0.25, 0.3) is 0 Å². The first kappa shape index (κ1) is 26.7. The molecule has 0 spiro atoms. The van der Waals surface area contributed by atoms with Crippen molar-refractivity contribution in [1.29, 1.82) is 0 Å². The van der Waals surface area contributed by atoms with Gasteiger partial charge in [-0.05, 0) is 54.6 Å². The summed E-state index contributed by atoms with van der Waals surface area (Å²) >= 11 is 0. The number of benzene rings is 2. The molecular weight excluding hydrogens is 465 g/mol. The molecule has 0 aliphatic carbocycles. The third-order valence-electron chi connectivity index (χ3n) is 6.49. The number of nitrogens with zero attached hydrogens (tertiary/aromatic N) is 4. The summed E-state index contributed by atoms with van der Waals surface area (Å²) in [4.78, 5) is 13.3. The smallest absolute Gasteiger partial charge is 0.224 e. The summed E-state index contributed by atoms with van der Waals surface area (Å²) in [6.07, 6.45) is 2.51. The molecule has 2 aromatic carbocycles. The molecule has 0 amide bonds. The second-order valence-electron chi connectivity index (χ2n) is 9.23. The summed E-state index contributed by atoms with van der Waals surface area (Å²) in [6.45, 7) is 7.50. The van der Waals surface area contributed by atoms with Crippen molar-refractivity contribution in [3.8, 4) is 11.6 Å². The topological polar surface area (TPSA) is 86.8 Å². The summed E-state index contributed by atoms with van der Waals surface area (Å²) in [6, 6.07) is 16.3. The van der Waals surface area contributed by atoms with Crippen LogP contribution < -0.4 is 20.7 Å². The molecule has 3 N–H and O–H groups in total. The van der Waals surface area contributed by atoms with Crippen LogP contribution in [-0.4, -0.2) is 87.8 Å². The van der Waals surface area contributed by atoms with Crippen LogP contribution in [0.2, 0.25) is 0 Å². The second kappa shape index (κ2) is 13.8. The van der Waals surface area contributed by atoms with Gasteiger partial charge in [0.1, 0.15) is 25.7 Å². The van der Waals surface area contributed by atoms with Gasteiger partial charge in [-0.25, -0.2) is 9.97 Å². The maximum Gasteiger partial charge on any atom is 0.224 e. The molecule has 4 rings (SSSR count). The van der Waals surface area contributed by atoms with Crippen LogP contribution in [0.15, 0.2) is 54.9 Å². The van der Waals surface area contributed by atoms with Gasteiger partial charge in [-0.2, -0.15) is 0 Å². The minimum absolute atomic E-state index is 0.486. The van der Waals surface area contributed by atoms with E-state index in [1.54, 1.807) is 13.2 Å². The zero-order valence-electron chi connectivity index (χ0n) is 22.2. The summed E-state index contributed by atoms with van der Waals surface area (Å²) in [7, 11) is 6.10. The average Bonchev–Trinajstić information content (AvgIpc) is 2.92. The Bertz CT molecular complexity index is 1110. The molecule has 1 aliphatic heterocycles. The van der Waals surface area contributed by atoms with E-state index in [4.69, 9.17) is 9.47 Å². The van der Waals surface area contributed by atoms with Crippen LogP contribution in [0.5, 0.6) is 11.6 Å². The molecule has 0 saturated carbocycles. The lowest BCUT2D eigenvalue weighted by Crippen LogP contribution is -2.44. The van der Waals surface area contributed by atoms with E-state index >= 15 is 0 Å². The predicted octanol–water partition coefficient (Wildman–Crippen LogP) is 2.69. The molecule has 1 saturated heterocycles. The molecule has 0 bridgehead atoms. The Kier molecular flexibility index (Phi) is 9.99. The van der Waals surface area contributed by atoms with Crippen molar-refractivity contribution in [3.63, 3.8) is 0 Å². The number of ether oxygens (including phenoxy) is 2. The van der Waals surface area contributed by atoms with Crippen LogP contribution in [0.4, 0.5) is 17.2 Å². The Hall–Kier alpha value is -3.34. The number of rotatable bonds is 13. The number of anilines is 3. The maximum absolute atomic E-state index is 5.88. The fourth-order valence-electron chi connectivity index (χ4n) is 4.25. The van der Waals surface area contributed by atoms with Crippen LogP contribution in [0.3, 0.4) is 0 Å². The first-order valence-electron chi connectivity index (χ1n) is 13.0. The fraction of sp³-hybridized carbons (Fsp3) is 0.407. The van der Waals surface area contributed by atoms with E-state index in [1.807, 2.05) is 24.3 Å². The van der Waals surface area contributed by atoms with Gasteiger partial charge in [0.05, 0.1) is 13.3 Å². The number of hydrogen-bond donors (Lipinski definition) is 3. The molecule has 2 heterocycles. The van der Waals surface area contributed by atoms with Gasteiger partial charge in [-0.1, -0.05) is 12.4 Å². The molecule has 1 fully saturated rings. The van der Waals surface area contributed by atoms with Crippen LogP contribution in [0.1, 0.15) is 11.1 Å². The third-order valence-corrected chi connectivity index (χ3v) is 6.49. The van der Waals surface area contributed by atoms with Gasteiger partial charge in [0.25, 0.3) is 0 Å². The van der Waals surface area contributed by atoms with E-state index in [-0.39, 0.29) is 0 Å². The van der Waals surface area contributed by atoms with Gasteiger partial charge >= 0.3 is 0 Å². The lowest BCUT2D eigenvalue weighted by atomic mass is 9.92. The number of hydrogen-bond acceptors (Lipinski definition) is 9. The Morgan fingerprint density at radius 2 is 1.65 bits per heavy atom. The van der Waals surface area contributed by atoms with Gasteiger partial charge < -0.3 is 30.3 Å². The molecule has 10 heteroatoms. The van der Waals surface area contributed by atoms with Crippen molar-refractivity contribution >= 4 is 25.0 Å². The van der Waals surface area contributed by atoms with Crippen molar-refractivity contribution in [2.24, 2.45) is 0 Å². The van der Waals surface area contributed by atoms with Gasteiger partial charge in [0, 0.05) is 63.8 Å². The van der Waals surface area contributed by atoms with Crippen molar-refractivity contribution < 1.29 is 9.47 Å². The van der Waals surface area contributed by atoms with E-state index in [0.29, 0.717) is 37.3 Å². The average molecular weight is 503 g/mol. The number of aromatic nitrogens is 2. The third kappa shape index (κ3) is 8.35. The molecule has 196 valence electrons. The Morgan fingerprint density at radius 1 is 0.892 bits per heavy atom. The summed E-state index contributed by atoms with van der Waals surface area (Å²) in [5.74, 6) is 1.90. The summed E-state index contributed by atoms with van der Waals surface area (Å²) in [5, 5.41) is 10.1. The van der Waals surface area contributed by atoms with Crippen LogP contribution in [-0.2, 0) is 17.6 Å². The van der Waals surface area contributed by atoms with Crippen molar-refractivity contribution in [2.75, 3.05) is 76.1 Å². The number of nitrogens with one attached hydrogen (secondary N) is 3. The van der Waals surface area contributed by atoms with Crippen LogP contribution in [0, 0.1) is 0 Å². The molecule has 37 heavy (non-hydrogen) atoms. The molecule has 1 aliphatic rings. The Balaban J connectivity index is 1.24. The number of likely N-dealkylation sites (N-methyl/N-ethyl adjacent to an activating group) is 1. The minimum Gasteiger partial charge on any atom is -0.439 e. The zero-order valence-corrected chi connectivity index (χ0v) is 22.2. The highest BCUT2D eigenvalue weighted by atomic mass is 16.5. The first-order chi connectivity index (χ1) is 18.1. The van der Waals surface area contributed by atoms with E-state index < -0.39 is 0 Å². The summed E-state index contributed by atoms with van der Waals surface area (Å²) in [5.41, 5.74) is 4.98. The highest BCUT2D eigenvalue weighted by molar-refractivity contribution is 6.08. The van der Waals surface area contributed by atoms with Gasteiger partial charge in [-0.15, -0.1) is 0 Å². The molecule has 1 aromatic heterocycles. The van der Waals surface area contributed by atoms with E-state index in [0.717, 1.165) is 50.4 Å². The molecule has 0 atom stereocenters. The van der Waals surface area contributed by atoms with Gasteiger partial charge in [0.15, 0.2) is 0 Å². The Labute approximate surface area is 221 Å². The quantitative estimate of drug-likeness (QED) is 0.185. The van der Waals surface area contributed by atoms with E-state index in [9.17, 15) is 0 Å². The van der Waals surface area contributed by atoms with E-state index in [1.165, 1.54) is 17.5 Å². The molecule has 3 aromatic rings. The van der Waals surface area contributed by atoms with Crippen LogP contribution >= 0.6 is 0 Å². The highest BCUT2D eigenvalue weighted by Gasteiger charge is 2.15. The number of methoxy groups -OCH3 is 1. The lowest BCUT2D eigenvalue weighted by Gasteiger charge is -2.32. The zero-order chi connectivity index (χ0) is 25.9. The number of piperazine rings is 1. The predicted molar refractivity (Wildman–Crippen MR) is 152 cm³/mol. The van der Waals surface area contributed by atoms with Gasteiger partial charge in [-0.3, -0.25) is 4.90 Å². The largest absolute Gasteiger partial charge is 0.439 e. The fourth-order valence-corrected chi connectivity index (χ4v) is 4.25. The van der Waals surface area contributed by atoms with Gasteiger partial charge in [0.2, 0.25) is 5.88 Å². The minimum atomic E-state index is 0.486. The molecule has 0 unspecified atom stereocenters. The monoisotopic (exact) mass is 503 g/mol. The lowest BCUT2D eigenvalue weighted by molar-refractivity contribution is 0.148. The molecule has 9 nitrogen and oxygen atoms in total. The normalized spacial score (nSPS) is 14.3. The molecule has 0 radical (unpaired) electrons. The van der Waals surface area contributed by atoms with Crippen molar-refractivity contribution in [1.82, 2.24) is 19.8 Å². The second-order valence-corrected chi connectivity index (χ2v) is 9.23. The van der Waals surface area contributed by atoms with Crippen molar-refractivity contribution in [3.05, 3.63) is 66.0 Å². The standard InChI is InChI=1S/C27H38BN7O2/c1-34-10-12-35(13-11-34)18-21-3-4-24(15-22(21)17-28)31-19-30-23-5-7-25(8-6-23)37-27-16-26(32-20-33-27)29-9-14-36-2/h3-8,15-16,20,30-31H,9-14,17-19,28H2,1-2H3,(H,29,32,33). The van der Waals surface area contributed by atoms with E-state index in [2.05, 4.69) is 68.8 Å². The maximum atomic E-state index is 5.88. The molecular formula is C27H38BN7O2. The Morgan fingerprint density at radius 3 is 2.41 bits per heavy atom. The highest BCUT2D eigenvalue weighted by Crippen LogP contribution is 2.23. The summed E-state index contributed by atoms with van der Waals surface area (Å²) < 4.78 is 10.9. The first-order valence-corrected chi connectivity index (χ1v) is 13.0. The SMILES string of the molecule is BCc1cc(NCNc2ccc(Oc3cc(NCCOC)ncn3)cc2)ccc1CN1CCN(C)CC1.